The average molecular weight is 94.9 g/mol. The Hall–Kier alpha value is -0.595. The molecule has 0 aliphatic carbocycles. The minimum atomic E-state index is 0.484. The minimum absolute atomic E-state index is 0.484. The van der Waals surface area contributed by atoms with Gasteiger partial charge in [-0.25, -0.2) is 0 Å². The fourth-order valence-corrected chi connectivity index (χ4v) is 0.186. The van der Waals surface area contributed by atoms with Gasteiger partial charge in [0, 0.05) is 11.9 Å². The van der Waals surface area contributed by atoms with E-state index in [1.165, 1.54) is 6.21 Å². The van der Waals surface area contributed by atoms with Crippen molar-refractivity contribution in [2.45, 2.75) is 13.7 Å². The highest BCUT2D eigenvalue weighted by Gasteiger charge is 1.72. The van der Waals surface area contributed by atoms with Gasteiger partial charge in [0.1, 0.15) is 0 Å². The van der Waals surface area contributed by atoms with Crippen LogP contribution in [-0.4, -0.2) is 19.3 Å². The Morgan fingerprint density at radius 2 is 2.43 bits per heavy atom. The molecular weight excluding hydrogens is 86.9 g/mol. The molecule has 0 heterocycles. The zero-order chi connectivity index (χ0) is 5.70. The van der Waals surface area contributed by atoms with Crippen LogP contribution in [0.2, 0.25) is 6.82 Å². The van der Waals surface area contributed by atoms with Crippen LogP contribution >= 0.6 is 0 Å². The maximum Gasteiger partial charge on any atom is 0.271 e. The molecule has 7 heavy (non-hydrogen) atoms. The predicted molar refractivity (Wildman–Crippen MR) is 33.5 cm³/mol. The van der Waals surface area contributed by atoms with Crippen molar-refractivity contribution in [1.82, 2.24) is 0 Å². The summed E-state index contributed by atoms with van der Waals surface area (Å²) in [6.07, 6.45) is 1.50. The Kier molecular flexibility index (Phi) is 3.28. The van der Waals surface area contributed by atoms with Gasteiger partial charge >= 0.3 is 0 Å². The van der Waals surface area contributed by atoms with E-state index in [2.05, 4.69) is 4.90 Å². The van der Waals surface area contributed by atoms with Gasteiger partial charge in [0.15, 0.2) is 0 Å². The van der Waals surface area contributed by atoms with E-state index < -0.39 is 0 Å². The van der Waals surface area contributed by atoms with Crippen molar-refractivity contribution in [2.75, 3.05) is 0 Å². The second-order valence-electron chi connectivity index (χ2n) is 1.22. The van der Waals surface area contributed by atoms with E-state index in [1.54, 1.807) is 14.3 Å². The Bertz CT molecular complexity index is 87.7. The van der Waals surface area contributed by atoms with E-state index in [4.69, 9.17) is 5.41 Å². The van der Waals surface area contributed by atoms with Crippen LogP contribution in [0.15, 0.2) is 4.90 Å². The highest BCUT2D eigenvalue weighted by molar-refractivity contribution is 6.39. The topological polar surface area (TPSA) is 36.2 Å². The SMILES string of the molecule is C[B]N=CC(C)=N. The summed E-state index contributed by atoms with van der Waals surface area (Å²) in [4.78, 5) is 3.70. The highest BCUT2D eigenvalue weighted by atomic mass is 14.6. The molecule has 0 fully saturated rings. The van der Waals surface area contributed by atoms with E-state index in [0.717, 1.165) is 0 Å². The van der Waals surface area contributed by atoms with E-state index in [9.17, 15) is 0 Å². The maximum atomic E-state index is 6.83. The predicted octanol–water partition coefficient (Wildman–Crippen LogP) is 0.764. The third kappa shape index (κ3) is 5.40. The molecule has 2 nitrogen and oxygen atoms in total. The number of rotatable bonds is 2. The van der Waals surface area contributed by atoms with Crippen LogP contribution in [0.1, 0.15) is 6.92 Å². The molecule has 0 amide bonds. The standard InChI is InChI=1S/C4H8BN2/c1-4(6)3-7-5-2/h3,6H,1-2H3. The van der Waals surface area contributed by atoms with E-state index in [1.807, 2.05) is 6.82 Å². The molecule has 0 aromatic rings. The molecule has 0 spiro atoms. The molecule has 0 aromatic carbocycles. The Balaban J connectivity index is 3.26. The lowest BCUT2D eigenvalue weighted by atomic mass is 10.0. The largest absolute Gasteiger partial charge is 0.354 e. The number of nitrogens with zero attached hydrogens (tertiary/aromatic N) is 1. The summed E-state index contributed by atoms with van der Waals surface area (Å²) in [5, 5.41) is 6.83. The zero-order valence-corrected chi connectivity index (χ0v) is 4.60. The second kappa shape index (κ2) is 3.59. The average Bonchev–Trinajstić information content (AvgIpc) is 1.61. The van der Waals surface area contributed by atoms with Gasteiger partial charge in [0.2, 0.25) is 0 Å². The van der Waals surface area contributed by atoms with Gasteiger partial charge in [0.25, 0.3) is 7.41 Å². The Morgan fingerprint density at radius 1 is 1.86 bits per heavy atom. The lowest BCUT2D eigenvalue weighted by molar-refractivity contribution is 1.52. The molecule has 0 saturated heterocycles. The van der Waals surface area contributed by atoms with Crippen molar-refractivity contribution >= 4 is 19.3 Å². The molecule has 0 saturated carbocycles. The van der Waals surface area contributed by atoms with Crippen LogP contribution in [0.5, 0.6) is 0 Å². The molecular formula is C4H8BN2. The van der Waals surface area contributed by atoms with Gasteiger partial charge in [-0.1, -0.05) is 6.82 Å². The van der Waals surface area contributed by atoms with E-state index in [-0.39, 0.29) is 0 Å². The molecule has 0 rings (SSSR count). The molecule has 0 aliphatic rings. The lowest BCUT2D eigenvalue weighted by Gasteiger charge is -1.77. The molecule has 0 aliphatic heterocycles. The molecule has 0 aromatic heterocycles. The molecule has 0 atom stereocenters. The minimum Gasteiger partial charge on any atom is -0.354 e. The fraction of sp³-hybridized carbons (Fsp3) is 0.500. The number of nitrogens with one attached hydrogen (secondary N) is 1. The van der Waals surface area contributed by atoms with Crippen molar-refractivity contribution < 1.29 is 0 Å². The molecule has 1 N–H and O–H groups in total. The van der Waals surface area contributed by atoms with Gasteiger partial charge in [-0.2, -0.15) is 0 Å². The molecule has 0 bridgehead atoms. The first-order valence-corrected chi connectivity index (χ1v) is 2.13. The first-order chi connectivity index (χ1) is 3.27. The normalized spacial score (nSPS) is 9.43. The van der Waals surface area contributed by atoms with Crippen molar-refractivity contribution in [3.05, 3.63) is 0 Å². The number of hydrogen-bond donors (Lipinski definition) is 1. The van der Waals surface area contributed by atoms with Gasteiger partial charge < -0.3 is 10.3 Å². The summed E-state index contributed by atoms with van der Waals surface area (Å²) >= 11 is 0. The summed E-state index contributed by atoms with van der Waals surface area (Å²) in [5.74, 6) is 0. The van der Waals surface area contributed by atoms with Gasteiger partial charge in [-0.05, 0) is 6.92 Å². The first kappa shape index (κ1) is 6.40. The molecule has 3 heteroatoms. The van der Waals surface area contributed by atoms with Crippen LogP contribution in [0, 0.1) is 5.41 Å². The smallest absolute Gasteiger partial charge is 0.271 e. The highest BCUT2D eigenvalue weighted by Crippen LogP contribution is 1.62. The number of hydrogen-bond acceptors (Lipinski definition) is 2. The summed E-state index contributed by atoms with van der Waals surface area (Å²) in [5.41, 5.74) is 0.484. The van der Waals surface area contributed by atoms with Crippen LogP contribution in [0.25, 0.3) is 0 Å². The van der Waals surface area contributed by atoms with Crippen molar-refractivity contribution in [2.24, 2.45) is 4.90 Å². The third-order valence-electron chi connectivity index (χ3n) is 0.417. The lowest BCUT2D eigenvalue weighted by Crippen LogP contribution is -1.89. The van der Waals surface area contributed by atoms with Gasteiger partial charge in [-0.3, -0.25) is 0 Å². The van der Waals surface area contributed by atoms with Crippen LogP contribution in [0.4, 0.5) is 0 Å². The maximum absolute atomic E-state index is 6.83. The van der Waals surface area contributed by atoms with Crippen LogP contribution < -0.4 is 0 Å². The van der Waals surface area contributed by atoms with E-state index in [0.29, 0.717) is 5.71 Å². The van der Waals surface area contributed by atoms with Crippen molar-refractivity contribution in [1.29, 1.82) is 5.41 Å². The summed E-state index contributed by atoms with van der Waals surface area (Å²) in [7, 11) is 1.65. The summed E-state index contributed by atoms with van der Waals surface area (Å²) in [6, 6.07) is 0. The quantitative estimate of drug-likeness (QED) is 0.388. The van der Waals surface area contributed by atoms with Gasteiger partial charge in [0.05, 0.1) is 0 Å². The Labute approximate surface area is 44.4 Å². The molecule has 37 valence electrons. The van der Waals surface area contributed by atoms with Crippen molar-refractivity contribution in [3.8, 4) is 0 Å². The van der Waals surface area contributed by atoms with Gasteiger partial charge in [-0.15, -0.1) is 0 Å². The second-order valence-corrected chi connectivity index (χ2v) is 1.22. The Morgan fingerprint density at radius 3 is 2.57 bits per heavy atom. The van der Waals surface area contributed by atoms with E-state index >= 15 is 0 Å². The monoisotopic (exact) mass is 95.1 g/mol. The fourth-order valence-electron chi connectivity index (χ4n) is 0.186. The summed E-state index contributed by atoms with van der Waals surface area (Å²) in [6.45, 7) is 3.51. The first-order valence-electron chi connectivity index (χ1n) is 2.13. The third-order valence-corrected chi connectivity index (χ3v) is 0.417. The molecule has 0 unspecified atom stereocenters. The zero-order valence-electron chi connectivity index (χ0n) is 4.60. The van der Waals surface area contributed by atoms with Crippen molar-refractivity contribution in [3.63, 3.8) is 0 Å². The molecule has 1 radical (unpaired) electrons. The van der Waals surface area contributed by atoms with Crippen LogP contribution in [-0.2, 0) is 0 Å². The van der Waals surface area contributed by atoms with Crippen LogP contribution in [0.3, 0.4) is 0 Å². The summed E-state index contributed by atoms with van der Waals surface area (Å²) < 4.78 is 0.